The molecule has 1 aliphatic rings. The van der Waals surface area contributed by atoms with E-state index < -0.39 is 5.97 Å². The van der Waals surface area contributed by atoms with E-state index in [1.54, 1.807) is 17.0 Å². The van der Waals surface area contributed by atoms with Crippen LogP contribution in [0.25, 0.3) is 0 Å². The molecule has 8 nitrogen and oxygen atoms in total. The smallest absolute Gasteiger partial charge is 0.342 e. The van der Waals surface area contributed by atoms with Crippen LogP contribution in [0.15, 0.2) is 18.2 Å². The molecular weight excluding hydrogens is 342 g/mol. The molecule has 0 aliphatic carbocycles. The Balaban J connectivity index is 1.90. The second-order valence-electron chi connectivity index (χ2n) is 5.80. The van der Waals surface area contributed by atoms with Crippen LogP contribution in [0.5, 0.6) is 11.5 Å². The average molecular weight is 365 g/mol. The molecule has 1 fully saturated rings. The van der Waals surface area contributed by atoms with Crippen molar-refractivity contribution in [1.82, 2.24) is 4.90 Å². The maximum Gasteiger partial charge on any atom is 0.342 e. The van der Waals surface area contributed by atoms with Crippen LogP contribution < -0.4 is 9.47 Å². The second-order valence-corrected chi connectivity index (χ2v) is 5.80. The van der Waals surface area contributed by atoms with Crippen molar-refractivity contribution in [1.29, 1.82) is 0 Å². The number of rotatable bonds is 6. The van der Waals surface area contributed by atoms with Crippen LogP contribution in [-0.2, 0) is 19.1 Å². The summed E-state index contributed by atoms with van der Waals surface area (Å²) in [6.07, 6.45) is 1.08. The molecule has 1 amide bonds. The van der Waals surface area contributed by atoms with Gasteiger partial charge in [0.25, 0.3) is 5.91 Å². The first-order valence-corrected chi connectivity index (χ1v) is 8.25. The SMILES string of the molecule is COC(=O)C1CCN(C(=O)COC(=O)c2cccc(OC)c2OC)CC1. The molecule has 0 bridgehead atoms. The van der Waals surface area contributed by atoms with Crippen molar-refractivity contribution in [3.05, 3.63) is 23.8 Å². The van der Waals surface area contributed by atoms with E-state index in [1.807, 2.05) is 0 Å². The van der Waals surface area contributed by atoms with Gasteiger partial charge in [0.15, 0.2) is 18.1 Å². The number of esters is 2. The average Bonchev–Trinajstić information content (AvgIpc) is 2.70. The van der Waals surface area contributed by atoms with Crippen LogP contribution >= 0.6 is 0 Å². The summed E-state index contributed by atoms with van der Waals surface area (Å²) in [5.74, 6) is -0.757. The fourth-order valence-corrected chi connectivity index (χ4v) is 2.88. The van der Waals surface area contributed by atoms with Crippen molar-refractivity contribution in [3.8, 4) is 11.5 Å². The van der Waals surface area contributed by atoms with Gasteiger partial charge in [-0.05, 0) is 25.0 Å². The third-order valence-corrected chi connectivity index (χ3v) is 4.33. The van der Waals surface area contributed by atoms with E-state index in [2.05, 4.69) is 0 Å². The first-order chi connectivity index (χ1) is 12.5. The maximum absolute atomic E-state index is 12.3. The minimum atomic E-state index is -0.668. The summed E-state index contributed by atoms with van der Waals surface area (Å²) in [6, 6.07) is 4.83. The lowest BCUT2D eigenvalue weighted by Crippen LogP contribution is -2.42. The van der Waals surface area contributed by atoms with Gasteiger partial charge in [-0.2, -0.15) is 0 Å². The minimum absolute atomic E-state index is 0.184. The van der Waals surface area contributed by atoms with Gasteiger partial charge in [-0.15, -0.1) is 0 Å². The number of nitrogens with zero attached hydrogens (tertiary/aromatic N) is 1. The Morgan fingerprint density at radius 2 is 1.77 bits per heavy atom. The van der Waals surface area contributed by atoms with E-state index in [4.69, 9.17) is 18.9 Å². The highest BCUT2D eigenvalue weighted by Gasteiger charge is 2.28. The number of ether oxygens (including phenoxy) is 4. The number of piperidine rings is 1. The summed E-state index contributed by atoms with van der Waals surface area (Å²) in [7, 11) is 4.24. The highest BCUT2D eigenvalue weighted by molar-refractivity contribution is 5.95. The molecule has 0 unspecified atom stereocenters. The molecule has 26 heavy (non-hydrogen) atoms. The van der Waals surface area contributed by atoms with Gasteiger partial charge < -0.3 is 23.8 Å². The van der Waals surface area contributed by atoms with Crippen LogP contribution in [0.1, 0.15) is 23.2 Å². The molecule has 0 N–H and O–H groups in total. The largest absolute Gasteiger partial charge is 0.493 e. The lowest BCUT2D eigenvalue weighted by atomic mass is 9.97. The normalized spacial score (nSPS) is 14.5. The van der Waals surface area contributed by atoms with E-state index in [9.17, 15) is 14.4 Å². The Bertz CT molecular complexity index is 666. The number of benzene rings is 1. The number of hydrogen-bond acceptors (Lipinski definition) is 7. The van der Waals surface area contributed by atoms with Crippen LogP contribution in [0.2, 0.25) is 0 Å². The monoisotopic (exact) mass is 365 g/mol. The lowest BCUT2D eigenvalue weighted by Gasteiger charge is -2.30. The zero-order valence-corrected chi connectivity index (χ0v) is 15.1. The Morgan fingerprint density at radius 3 is 2.35 bits per heavy atom. The van der Waals surface area contributed by atoms with Gasteiger partial charge in [-0.3, -0.25) is 9.59 Å². The van der Waals surface area contributed by atoms with E-state index in [0.29, 0.717) is 31.7 Å². The number of amides is 1. The van der Waals surface area contributed by atoms with Crippen molar-refractivity contribution >= 4 is 17.8 Å². The Hall–Kier alpha value is -2.77. The molecule has 1 aromatic carbocycles. The summed E-state index contributed by atoms with van der Waals surface area (Å²) in [5, 5.41) is 0. The first kappa shape index (κ1) is 19.6. The van der Waals surface area contributed by atoms with Crippen LogP contribution in [-0.4, -0.2) is 63.8 Å². The van der Waals surface area contributed by atoms with Gasteiger partial charge in [-0.1, -0.05) is 6.07 Å². The Kier molecular flexibility index (Phi) is 6.82. The Labute approximate surface area is 152 Å². The summed E-state index contributed by atoms with van der Waals surface area (Å²) >= 11 is 0. The summed E-state index contributed by atoms with van der Waals surface area (Å²) < 4.78 is 20.2. The number of carbonyl (C=O) groups is 3. The maximum atomic E-state index is 12.3. The molecule has 2 rings (SSSR count). The van der Waals surface area contributed by atoms with Crippen molar-refractivity contribution in [2.45, 2.75) is 12.8 Å². The second kappa shape index (κ2) is 9.07. The molecule has 8 heteroatoms. The molecule has 1 aliphatic heterocycles. The zero-order chi connectivity index (χ0) is 19.1. The minimum Gasteiger partial charge on any atom is -0.493 e. The van der Waals surface area contributed by atoms with Crippen molar-refractivity contribution in [3.63, 3.8) is 0 Å². The molecule has 1 saturated heterocycles. The number of carbonyl (C=O) groups excluding carboxylic acids is 3. The van der Waals surface area contributed by atoms with E-state index in [0.717, 1.165) is 0 Å². The fraction of sp³-hybridized carbons (Fsp3) is 0.500. The molecule has 1 heterocycles. The van der Waals surface area contributed by atoms with Crippen LogP contribution in [0.4, 0.5) is 0 Å². The van der Waals surface area contributed by atoms with E-state index in [1.165, 1.54) is 27.4 Å². The summed E-state index contributed by atoms with van der Waals surface area (Å²) in [6.45, 7) is 0.485. The fourth-order valence-electron chi connectivity index (χ4n) is 2.88. The van der Waals surface area contributed by atoms with Gasteiger partial charge >= 0.3 is 11.9 Å². The molecule has 0 spiro atoms. The summed E-state index contributed by atoms with van der Waals surface area (Å²) in [5.41, 5.74) is 0.184. The quantitative estimate of drug-likeness (QED) is 0.701. The number of methoxy groups -OCH3 is 3. The third-order valence-electron chi connectivity index (χ3n) is 4.33. The van der Waals surface area contributed by atoms with Crippen LogP contribution in [0.3, 0.4) is 0 Å². The molecule has 0 atom stereocenters. The highest BCUT2D eigenvalue weighted by atomic mass is 16.5. The number of para-hydroxylation sites is 1. The standard InChI is InChI=1S/C18H23NO7/c1-23-14-6-4-5-13(16(14)24-2)18(22)26-11-15(20)19-9-7-12(8-10-19)17(21)25-3/h4-6,12H,7-11H2,1-3H3. The van der Waals surface area contributed by atoms with Gasteiger partial charge in [0.2, 0.25) is 0 Å². The van der Waals surface area contributed by atoms with E-state index >= 15 is 0 Å². The predicted octanol–water partition coefficient (Wildman–Crippen LogP) is 1.27. The van der Waals surface area contributed by atoms with Gasteiger partial charge in [0.05, 0.1) is 27.2 Å². The number of hydrogen-bond donors (Lipinski definition) is 0. The zero-order valence-electron chi connectivity index (χ0n) is 15.1. The summed E-state index contributed by atoms with van der Waals surface area (Å²) in [4.78, 5) is 37.6. The third kappa shape index (κ3) is 4.44. The van der Waals surface area contributed by atoms with Gasteiger partial charge in [0, 0.05) is 13.1 Å². The highest BCUT2D eigenvalue weighted by Crippen LogP contribution is 2.31. The Morgan fingerprint density at radius 1 is 1.08 bits per heavy atom. The lowest BCUT2D eigenvalue weighted by molar-refractivity contribution is -0.149. The van der Waals surface area contributed by atoms with Crippen molar-refractivity contribution in [2.24, 2.45) is 5.92 Å². The van der Waals surface area contributed by atoms with E-state index in [-0.39, 0.29) is 35.7 Å². The topological polar surface area (TPSA) is 91.4 Å². The van der Waals surface area contributed by atoms with Crippen molar-refractivity contribution < 1.29 is 33.3 Å². The van der Waals surface area contributed by atoms with Gasteiger partial charge in [0.1, 0.15) is 5.56 Å². The predicted molar refractivity (Wildman–Crippen MR) is 91.1 cm³/mol. The molecule has 1 aromatic rings. The van der Waals surface area contributed by atoms with Crippen LogP contribution in [0, 0.1) is 5.92 Å². The van der Waals surface area contributed by atoms with Crippen molar-refractivity contribution in [2.75, 3.05) is 41.0 Å². The van der Waals surface area contributed by atoms with Gasteiger partial charge in [-0.25, -0.2) is 4.79 Å². The molecule has 0 radical (unpaired) electrons. The molecule has 0 saturated carbocycles. The first-order valence-electron chi connectivity index (χ1n) is 8.25. The molecule has 142 valence electrons. The molecular formula is C18H23NO7. The number of likely N-dealkylation sites (tertiary alicyclic amines) is 1. The molecule has 0 aromatic heterocycles.